The van der Waals surface area contributed by atoms with Crippen molar-refractivity contribution in [3.05, 3.63) is 47.3 Å². The Morgan fingerprint density at radius 3 is 2.69 bits per heavy atom. The predicted octanol–water partition coefficient (Wildman–Crippen LogP) is 4.66. The highest BCUT2D eigenvalue weighted by molar-refractivity contribution is 5.79. The van der Waals surface area contributed by atoms with Crippen LogP contribution in [0, 0.1) is 5.92 Å². The van der Waals surface area contributed by atoms with Gasteiger partial charge in [0.1, 0.15) is 5.75 Å². The Morgan fingerprint density at radius 2 is 1.97 bits per heavy atom. The van der Waals surface area contributed by atoms with Gasteiger partial charge in [0.2, 0.25) is 5.91 Å². The van der Waals surface area contributed by atoms with Crippen LogP contribution in [0.4, 0.5) is 0 Å². The second-order valence-corrected chi connectivity index (χ2v) is 8.89. The third-order valence-electron chi connectivity index (χ3n) is 6.46. The van der Waals surface area contributed by atoms with Crippen molar-refractivity contribution < 1.29 is 9.53 Å². The number of hydrogen-bond donors (Lipinski definition) is 1. The van der Waals surface area contributed by atoms with Crippen molar-refractivity contribution >= 4 is 5.91 Å². The largest absolute Gasteiger partial charge is 0.493 e. The van der Waals surface area contributed by atoms with Crippen molar-refractivity contribution in [2.45, 2.75) is 64.2 Å². The molecule has 2 heterocycles. The number of aromatic amines is 1. The molecule has 156 valence electrons. The molecule has 1 aliphatic carbocycles. The monoisotopic (exact) mass is 395 g/mol. The van der Waals surface area contributed by atoms with Gasteiger partial charge in [-0.3, -0.25) is 9.89 Å². The Balaban J connectivity index is 1.25. The molecule has 1 atom stereocenters. The quantitative estimate of drug-likeness (QED) is 0.742. The molecule has 5 nitrogen and oxygen atoms in total. The summed E-state index contributed by atoms with van der Waals surface area (Å²) < 4.78 is 5.88. The van der Waals surface area contributed by atoms with Gasteiger partial charge in [0.05, 0.1) is 12.3 Å². The number of benzene rings is 1. The molecule has 2 aliphatic rings. The van der Waals surface area contributed by atoms with E-state index in [0.717, 1.165) is 55.9 Å². The molecule has 29 heavy (non-hydrogen) atoms. The Kier molecular flexibility index (Phi) is 6.22. The molecule has 1 saturated heterocycles. The number of nitrogens with one attached hydrogen (secondary N) is 1. The Morgan fingerprint density at radius 1 is 1.21 bits per heavy atom. The van der Waals surface area contributed by atoms with Crippen LogP contribution in [-0.4, -0.2) is 40.7 Å². The zero-order valence-corrected chi connectivity index (χ0v) is 17.7. The summed E-state index contributed by atoms with van der Waals surface area (Å²) in [4.78, 5) is 14.7. The molecule has 4 rings (SSSR count). The highest BCUT2D eigenvalue weighted by Crippen LogP contribution is 2.31. The number of H-pyrrole nitrogens is 1. The van der Waals surface area contributed by atoms with E-state index in [1.54, 1.807) is 0 Å². The normalized spacial score (nSPS) is 20.0. The Hall–Kier alpha value is -2.30. The van der Waals surface area contributed by atoms with Crippen LogP contribution in [0.3, 0.4) is 0 Å². The van der Waals surface area contributed by atoms with Crippen LogP contribution in [0.5, 0.6) is 5.75 Å². The van der Waals surface area contributed by atoms with Gasteiger partial charge >= 0.3 is 0 Å². The van der Waals surface area contributed by atoms with Crippen LogP contribution in [-0.2, 0) is 11.2 Å². The molecule has 1 aromatic carbocycles. The molecule has 5 heteroatoms. The van der Waals surface area contributed by atoms with Crippen LogP contribution < -0.4 is 4.74 Å². The van der Waals surface area contributed by atoms with Gasteiger partial charge in [-0.15, -0.1) is 0 Å². The lowest BCUT2D eigenvalue weighted by Gasteiger charge is -2.20. The highest BCUT2D eigenvalue weighted by atomic mass is 16.5. The fourth-order valence-corrected chi connectivity index (χ4v) is 4.58. The minimum Gasteiger partial charge on any atom is -0.493 e. The van der Waals surface area contributed by atoms with Crippen molar-refractivity contribution in [2.75, 3.05) is 19.7 Å². The number of carbonyl (C=O) groups excluding carboxylic acids is 1. The second-order valence-electron chi connectivity index (χ2n) is 8.89. The standard InChI is InChI=1S/C24H33N3O2/c1-17(2)18-7-9-22(10-8-18)29-14-12-21-15-23(26-25-21)20-11-13-27(16-20)24(28)19-5-3-4-6-19/h7-10,15,17,19-20H,3-6,11-14,16H2,1-2H3,(H,25,26)/t20-/m0/s1. The molecule has 0 spiro atoms. The fourth-order valence-electron chi connectivity index (χ4n) is 4.58. The van der Waals surface area contributed by atoms with Gasteiger partial charge in [0, 0.05) is 37.0 Å². The third-order valence-corrected chi connectivity index (χ3v) is 6.46. The first-order valence-corrected chi connectivity index (χ1v) is 11.2. The first-order valence-electron chi connectivity index (χ1n) is 11.2. The average molecular weight is 396 g/mol. The predicted molar refractivity (Wildman–Crippen MR) is 114 cm³/mol. The molecule has 1 amide bonds. The first-order chi connectivity index (χ1) is 14.1. The third kappa shape index (κ3) is 4.82. The fraction of sp³-hybridized carbons (Fsp3) is 0.583. The summed E-state index contributed by atoms with van der Waals surface area (Å²) in [6.07, 6.45) is 6.39. The van der Waals surface area contributed by atoms with Gasteiger partial charge in [-0.2, -0.15) is 5.10 Å². The number of likely N-dealkylation sites (tertiary alicyclic amines) is 1. The van der Waals surface area contributed by atoms with Gasteiger partial charge < -0.3 is 9.64 Å². The van der Waals surface area contributed by atoms with Gasteiger partial charge in [0.25, 0.3) is 0 Å². The maximum atomic E-state index is 12.6. The maximum Gasteiger partial charge on any atom is 0.225 e. The molecule has 1 saturated carbocycles. The van der Waals surface area contributed by atoms with E-state index in [2.05, 4.69) is 47.1 Å². The summed E-state index contributed by atoms with van der Waals surface area (Å²) >= 11 is 0. The number of rotatable bonds is 7. The molecular weight excluding hydrogens is 362 g/mol. The van der Waals surface area contributed by atoms with Gasteiger partial charge in [0.15, 0.2) is 0 Å². The van der Waals surface area contributed by atoms with Gasteiger partial charge in [-0.1, -0.05) is 38.8 Å². The SMILES string of the molecule is CC(C)c1ccc(OCCc2cc([C@H]3CCN(C(=O)C4CCCC4)C3)n[nH]2)cc1. The topological polar surface area (TPSA) is 58.2 Å². The molecule has 1 aliphatic heterocycles. The van der Waals surface area contributed by atoms with E-state index in [4.69, 9.17) is 4.74 Å². The van der Waals surface area contributed by atoms with Gasteiger partial charge in [-0.25, -0.2) is 0 Å². The van der Waals surface area contributed by atoms with Crippen LogP contribution >= 0.6 is 0 Å². The smallest absolute Gasteiger partial charge is 0.225 e. The van der Waals surface area contributed by atoms with Crippen LogP contribution in [0.2, 0.25) is 0 Å². The molecule has 0 unspecified atom stereocenters. The molecule has 2 aromatic rings. The molecule has 0 radical (unpaired) electrons. The Bertz CT molecular complexity index is 806. The van der Waals surface area contributed by atoms with E-state index < -0.39 is 0 Å². The number of amides is 1. The summed E-state index contributed by atoms with van der Waals surface area (Å²) in [5.74, 6) is 2.45. The molecular formula is C24H33N3O2. The number of hydrogen-bond acceptors (Lipinski definition) is 3. The zero-order valence-electron chi connectivity index (χ0n) is 17.7. The molecule has 1 N–H and O–H groups in total. The molecule has 1 aromatic heterocycles. The minimum atomic E-state index is 0.273. The number of nitrogens with zero attached hydrogens (tertiary/aromatic N) is 2. The van der Waals surface area contributed by atoms with Crippen molar-refractivity contribution in [2.24, 2.45) is 5.92 Å². The number of aromatic nitrogens is 2. The lowest BCUT2D eigenvalue weighted by molar-refractivity contribution is -0.134. The summed E-state index contributed by atoms with van der Waals surface area (Å²) in [6.45, 7) is 6.70. The first kappa shape index (κ1) is 20.0. The van der Waals surface area contributed by atoms with Crippen molar-refractivity contribution in [3.8, 4) is 5.75 Å². The average Bonchev–Trinajstić information content (AvgIpc) is 3.48. The van der Waals surface area contributed by atoms with E-state index in [-0.39, 0.29) is 5.92 Å². The zero-order chi connectivity index (χ0) is 20.2. The van der Waals surface area contributed by atoms with Crippen molar-refractivity contribution in [3.63, 3.8) is 0 Å². The number of ether oxygens (including phenoxy) is 1. The van der Waals surface area contributed by atoms with E-state index >= 15 is 0 Å². The van der Waals surface area contributed by atoms with Crippen molar-refractivity contribution in [1.82, 2.24) is 15.1 Å². The second kappa shape index (κ2) is 9.02. The Labute approximate surface area is 173 Å². The summed E-state index contributed by atoms with van der Waals surface area (Å²) in [5.41, 5.74) is 3.51. The lowest BCUT2D eigenvalue weighted by Crippen LogP contribution is -2.33. The van der Waals surface area contributed by atoms with Crippen LogP contribution in [0.15, 0.2) is 30.3 Å². The van der Waals surface area contributed by atoms with Gasteiger partial charge in [-0.05, 0) is 48.9 Å². The number of carbonyl (C=O) groups is 1. The minimum absolute atomic E-state index is 0.273. The maximum absolute atomic E-state index is 12.6. The van der Waals surface area contributed by atoms with E-state index in [0.29, 0.717) is 24.3 Å². The van der Waals surface area contributed by atoms with E-state index in [1.165, 1.54) is 18.4 Å². The van der Waals surface area contributed by atoms with E-state index in [1.807, 2.05) is 12.1 Å². The summed E-state index contributed by atoms with van der Waals surface area (Å²) in [7, 11) is 0. The molecule has 0 bridgehead atoms. The lowest BCUT2D eigenvalue weighted by atomic mass is 10.0. The van der Waals surface area contributed by atoms with E-state index in [9.17, 15) is 4.79 Å². The molecule has 2 fully saturated rings. The summed E-state index contributed by atoms with van der Waals surface area (Å²) in [6, 6.07) is 10.5. The highest BCUT2D eigenvalue weighted by Gasteiger charge is 2.33. The van der Waals surface area contributed by atoms with Crippen molar-refractivity contribution in [1.29, 1.82) is 0 Å². The summed E-state index contributed by atoms with van der Waals surface area (Å²) in [5, 5.41) is 7.69. The van der Waals surface area contributed by atoms with Crippen LogP contribution in [0.25, 0.3) is 0 Å². The van der Waals surface area contributed by atoms with Crippen LogP contribution in [0.1, 0.15) is 74.7 Å².